The van der Waals surface area contributed by atoms with Crippen molar-refractivity contribution in [1.29, 1.82) is 0 Å². The Kier molecular flexibility index (Phi) is 5.87. The van der Waals surface area contributed by atoms with Crippen molar-refractivity contribution >= 4 is 29.5 Å². The van der Waals surface area contributed by atoms with Gasteiger partial charge in [-0.2, -0.15) is 0 Å². The number of carbonyl (C=O) groups is 3. The Balaban J connectivity index is 1.35. The molecule has 6 rings (SSSR count). The first-order valence-corrected chi connectivity index (χ1v) is 12.5. The van der Waals surface area contributed by atoms with Crippen LogP contribution in [0.2, 0.25) is 0 Å². The summed E-state index contributed by atoms with van der Waals surface area (Å²) < 4.78 is 10.4. The number of hydrogen-bond donors (Lipinski definition) is 1. The number of imide groups is 1. The summed E-state index contributed by atoms with van der Waals surface area (Å²) in [7, 11) is 3.16. The Hall–Kier alpha value is -4.59. The summed E-state index contributed by atoms with van der Waals surface area (Å²) in [6, 6.07) is 20.9. The summed E-state index contributed by atoms with van der Waals surface area (Å²) in [4.78, 5) is 44.7. The minimum atomic E-state index is -0.839. The van der Waals surface area contributed by atoms with Crippen molar-refractivity contribution in [1.82, 2.24) is 9.80 Å². The minimum absolute atomic E-state index is 0.145. The summed E-state index contributed by atoms with van der Waals surface area (Å²) in [6.07, 6.45) is 3.78. The van der Waals surface area contributed by atoms with Crippen LogP contribution < -0.4 is 14.8 Å². The first kappa shape index (κ1) is 23.8. The van der Waals surface area contributed by atoms with Crippen molar-refractivity contribution in [2.24, 2.45) is 11.8 Å². The summed E-state index contributed by atoms with van der Waals surface area (Å²) in [6.45, 7) is 0.145. The lowest BCUT2D eigenvalue weighted by Crippen LogP contribution is -2.46. The maximum Gasteiger partial charge on any atom is 0.247 e. The quantitative estimate of drug-likeness (QED) is 0.508. The topological polar surface area (TPSA) is 88.2 Å². The summed E-state index contributed by atoms with van der Waals surface area (Å²) in [5.41, 5.74) is 3.33. The van der Waals surface area contributed by atoms with E-state index < -0.39 is 23.9 Å². The molecule has 0 spiro atoms. The van der Waals surface area contributed by atoms with Crippen LogP contribution in [0.5, 0.6) is 11.5 Å². The second-order valence-corrected chi connectivity index (χ2v) is 9.66. The van der Waals surface area contributed by atoms with E-state index in [0.717, 1.165) is 16.7 Å². The number of nitrogens with one attached hydrogen (secondary N) is 1. The number of ether oxygens (including phenoxy) is 2. The van der Waals surface area contributed by atoms with Gasteiger partial charge in [0, 0.05) is 11.9 Å². The summed E-state index contributed by atoms with van der Waals surface area (Å²) in [5, 5.41) is 2.95. The maximum absolute atomic E-state index is 13.9. The molecule has 192 valence electrons. The fraction of sp³-hybridized carbons (Fsp3) is 0.233. The summed E-state index contributed by atoms with van der Waals surface area (Å²) >= 11 is 0. The Morgan fingerprint density at radius 1 is 0.842 bits per heavy atom. The largest absolute Gasteiger partial charge is 0.497 e. The smallest absolute Gasteiger partial charge is 0.247 e. The third kappa shape index (κ3) is 3.80. The van der Waals surface area contributed by atoms with E-state index >= 15 is 0 Å². The lowest BCUT2D eigenvalue weighted by Gasteiger charge is -2.35. The number of benzene rings is 3. The highest BCUT2D eigenvalue weighted by Gasteiger charge is 2.64. The first-order chi connectivity index (χ1) is 18.5. The fourth-order valence-electron chi connectivity index (χ4n) is 5.88. The molecule has 3 aromatic rings. The first-order valence-electron chi connectivity index (χ1n) is 12.5. The number of methoxy groups -OCH3 is 2. The number of likely N-dealkylation sites (tertiary alicyclic amines) is 1. The van der Waals surface area contributed by atoms with E-state index in [1.807, 2.05) is 53.6 Å². The average molecular weight is 510 g/mol. The fourth-order valence-corrected chi connectivity index (χ4v) is 5.88. The van der Waals surface area contributed by atoms with E-state index in [1.165, 1.54) is 4.90 Å². The number of nitrogens with zero attached hydrogens (tertiary/aromatic N) is 2. The summed E-state index contributed by atoms with van der Waals surface area (Å²) in [5.74, 6) is -1.02. The van der Waals surface area contributed by atoms with E-state index in [-0.39, 0.29) is 24.3 Å². The standard InChI is InChI=1S/C30H27N3O5/c1-37-21-11-7-18(8-12-21)17-33-29(35)24-25(30(33)36)27(28(34)31-20-9-13-22(38-2)14-10-20)32-16-15-19-5-3-4-6-23(19)26(24)32/h3-16,24-27H,17H2,1-2H3,(H,31,34)/t24-,25+,26?,27-/m0/s1. The molecule has 3 heterocycles. The van der Waals surface area contributed by atoms with Gasteiger partial charge in [-0.3, -0.25) is 19.3 Å². The highest BCUT2D eigenvalue weighted by Crippen LogP contribution is 2.52. The Morgan fingerprint density at radius 2 is 1.47 bits per heavy atom. The molecule has 0 bridgehead atoms. The van der Waals surface area contributed by atoms with E-state index in [1.54, 1.807) is 50.6 Å². The molecule has 4 atom stereocenters. The van der Waals surface area contributed by atoms with Crippen LogP contribution in [0.1, 0.15) is 22.7 Å². The van der Waals surface area contributed by atoms with Gasteiger partial charge in [-0.15, -0.1) is 0 Å². The lowest BCUT2D eigenvalue weighted by atomic mass is 9.84. The van der Waals surface area contributed by atoms with Crippen LogP contribution in [-0.2, 0) is 20.9 Å². The van der Waals surface area contributed by atoms with Crippen LogP contribution in [0.15, 0.2) is 79.0 Å². The SMILES string of the molecule is COc1ccc(CN2C(=O)[C@@H]3[C@H](C2=O)C2c4ccccc4C=CN2[C@@H]3C(=O)Nc2ccc(OC)cc2)cc1. The molecule has 3 aromatic carbocycles. The lowest BCUT2D eigenvalue weighted by molar-refractivity contribution is -0.143. The van der Waals surface area contributed by atoms with E-state index in [0.29, 0.717) is 17.2 Å². The molecule has 38 heavy (non-hydrogen) atoms. The molecule has 1 N–H and O–H groups in total. The van der Waals surface area contributed by atoms with Crippen LogP contribution in [0.25, 0.3) is 6.08 Å². The van der Waals surface area contributed by atoms with Gasteiger partial charge in [-0.1, -0.05) is 36.4 Å². The monoisotopic (exact) mass is 509 g/mol. The molecule has 0 aromatic heterocycles. The van der Waals surface area contributed by atoms with Crippen molar-refractivity contribution in [2.75, 3.05) is 19.5 Å². The molecular formula is C30H27N3O5. The van der Waals surface area contributed by atoms with Gasteiger partial charge in [-0.05, 0) is 59.2 Å². The zero-order chi connectivity index (χ0) is 26.4. The molecule has 0 aliphatic carbocycles. The van der Waals surface area contributed by atoms with E-state index in [2.05, 4.69) is 5.32 Å². The number of hydrogen-bond acceptors (Lipinski definition) is 6. The molecule has 0 saturated carbocycles. The van der Waals surface area contributed by atoms with Gasteiger partial charge < -0.3 is 19.7 Å². The van der Waals surface area contributed by atoms with Gasteiger partial charge in [0.25, 0.3) is 0 Å². The number of rotatable bonds is 6. The van der Waals surface area contributed by atoms with Gasteiger partial charge in [0.1, 0.15) is 17.5 Å². The zero-order valence-electron chi connectivity index (χ0n) is 21.0. The molecule has 2 fully saturated rings. The van der Waals surface area contributed by atoms with Crippen LogP contribution >= 0.6 is 0 Å². The second kappa shape index (κ2) is 9.37. The highest BCUT2D eigenvalue weighted by molar-refractivity contribution is 6.10. The Bertz CT molecular complexity index is 1430. The molecule has 0 radical (unpaired) electrons. The van der Waals surface area contributed by atoms with Crippen LogP contribution in [-0.4, -0.2) is 47.8 Å². The molecule has 3 aliphatic rings. The van der Waals surface area contributed by atoms with Crippen LogP contribution in [0, 0.1) is 11.8 Å². The van der Waals surface area contributed by atoms with Crippen LogP contribution in [0.3, 0.4) is 0 Å². The molecule has 3 amide bonds. The molecule has 2 saturated heterocycles. The van der Waals surface area contributed by atoms with Crippen molar-refractivity contribution in [3.05, 3.63) is 95.7 Å². The molecule has 1 unspecified atom stereocenters. The van der Waals surface area contributed by atoms with Crippen molar-refractivity contribution in [3.8, 4) is 11.5 Å². The average Bonchev–Trinajstić information content (AvgIpc) is 3.42. The zero-order valence-corrected chi connectivity index (χ0v) is 21.0. The molecule has 8 heteroatoms. The second-order valence-electron chi connectivity index (χ2n) is 9.66. The van der Waals surface area contributed by atoms with Crippen molar-refractivity contribution in [2.45, 2.75) is 18.6 Å². The number of fused-ring (bicyclic) bond motifs is 5. The highest BCUT2D eigenvalue weighted by atomic mass is 16.5. The molecular weight excluding hydrogens is 482 g/mol. The number of amides is 3. The van der Waals surface area contributed by atoms with E-state index in [9.17, 15) is 14.4 Å². The third-order valence-corrected chi connectivity index (χ3v) is 7.68. The molecule has 3 aliphatic heterocycles. The number of carbonyl (C=O) groups excluding carboxylic acids is 3. The Morgan fingerprint density at radius 3 is 2.16 bits per heavy atom. The molecule has 8 nitrogen and oxygen atoms in total. The van der Waals surface area contributed by atoms with Gasteiger partial charge in [-0.25, -0.2) is 0 Å². The third-order valence-electron chi connectivity index (χ3n) is 7.68. The predicted molar refractivity (Wildman–Crippen MR) is 141 cm³/mol. The van der Waals surface area contributed by atoms with Crippen molar-refractivity contribution in [3.63, 3.8) is 0 Å². The van der Waals surface area contributed by atoms with Gasteiger partial charge in [0.15, 0.2) is 0 Å². The minimum Gasteiger partial charge on any atom is -0.497 e. The predicted octanol–water partition coefficient (Wildman–Crippen LogP) is 3.85. The van der Waals surface area contributed by atoms with E-state index in [4.69, 9.17) is 9.47 Å². The van der Waals surface area contributed by atoms with Crippen LogP contribution in [0.4, 0.5) is 5.69 Å². The Labute approximate surface area is 220 Å². The van der Waals surface area contributed by atoms with Gasteiger partial charge in [0.05, 0.1) is 38.6 Å². The van der Waals surface area contributed by atoms with Gasteiger partial charge in [0.2, 0.25) is 17.7 Å². The van der Waals surface area contributed by atoms with Crippen molar-refractivity contribution < 1.29 is 23.9 Å². The van der Waals surface area contributed by atoms with Gasteiger partial charge >= 0.3 is 0 Å². The number of anilines is 1. The normalized spacial score (nSPS) is 23.1. The maximum atomic E-state index is 13.9.